The van der Waals surface area contributed by atoms with Gasteiger partial charge in [-0.05, 0) is 47.5 Å². The maximum atomic E-state index is 14.7. The second kappa shape index (κ2) is 11.9. The van der Waals surface area contributed by atoms with Crippen molar-refractivity contribution in [2.24, 2.45) is 0 Å². The molecular weight excluding hydrogens is 473 g/mol. The van der Waals surface area contributed by atoms with Gasteiger partial charge in [0.25, 0.3) is 0 Å². The number of anilines is 1. The lowest BCUT2D eigenvalue weighted by Crippen LogP contribution is -1.99. The number of allylic oxidation sites excluding steroid dienone is 1. The molecule has 0 aliphatic rings. The van der Waals surface area contributed by atoms with Gasteiger partial charge in [-0.2, -0.15) is 0 Å². The largest absolute Gasteiger partial charge is 0.493 e. The molecule has 6 nitrogen and oxygen atoms in total. The minimum atomic E-state index is -0.559. The molecule has 1 N–H and O–H groups in total. The smallest absolute Gasteiger partial charge is 0.203 e. The number of benzene rings is 3. The molecule has 0 saturated heterocycles. The Labute approximate surface area is 208 Å². The monoisotopic (exact) mass is 497 g/mol. The van der Waals surface area contributed by atoms with Crippen molar-refractivity contribution in [2.75, 3.05) is 33.8 Å². The molecular formula is C27H25ClFNO5. The Kier molecular flexibility index (Phi) is 8.75. The molecule has 0 heterocycles. The topological polar surface area (TPSA) is 66.0 Å². The van der Waals surface area contributed by atoms with E-state index in [2.05, 4.69) is 5.32 Å². The normalized spacial score (nSPS) is 11.0. The van der Waals surface area contributed by atoms with Gasteiger partial charge in [0.15, 0.2) is 28.8 Å². The molecule has 0 aromatic heterocycles. The Morgan fingerprint density at radius 2 is 1.49 bits per heavy atom. The van der Waals surface area contributed by atoms with Crippen molar-refractivity contribution in [1.29, 1.82) is 0 Å². The summed E-state index contributed by atoms with van der Waals surface area (Å²) >= 11 is 5.94. The molecule has 3 aromatic rings. The van der Waals surface area contributed by atoms with Gasteiger partial charge in [-0.1, -0.05) is 35.9 Å². The van der Waals surface area contributed by atoms with E-state index in [1.165, 1.54) is 46.8 Å². The lowest BCUT2D eigenvalue weighted by Gasteiger charge is -2.13. The summed E-state index contributed by atoms with van der Waals surface area (Å²) in [5.41, 5.74) is 2.12. The van der Waals surface area contributed by atoms with Crippen LogP contribution < -0.4 is 24.3 Å². The van der Waals surface area contributed by atoms with Gasteiger partial charge in [0.2, 0.25) is 5.75 Å². The van der Waals surface area contributed by atoms with Crippen molar-refractivity contribution in [2.45, 2.75) is 0 Å². The SMILES string of the molecule is COc1cc(/C=C\c2cc(F)c(OC)c(N/C=C\C(=O)c3cccc(Cl)c3)c2)cc(OC)c1OC. The fourth-order valence-corrected chi connectivity index (χ4v) is 3.55. The van der Waals surface area contributed by atoms with Gasteiger partial charge in [-0.3, -0.25) is 4.79 Å². The number of carbonyl (C=O) groups excluding carboxylic acids is 1. The van der Waals surface area contributed by atoms with Crippen LogP contribution in [0.5, 0.6) is 23.0 Å². The van der Waals surface area contributed by atoms with Crippen LogP contribution in [0.2, 0.25) is 5.02 Å². The summed E-state index contributed by atoms with van der Waals surface area (Å²) in [5.74, 6) is 0.700. The van der Waals surface area contributed by atoms with Gasteiger partial charge < -0.3 is 24.3 Å². The molecule has 0 unspecified atom stereocenters. The first-order valence-corrected chi connectivity index (χ1v) is 10.9. The second-order valence-corrected chi connectivity index (χ2v) is 7.66. The average Bonchev–Trinajstić information content (AvgIpc) is 2.86. The van der Waals surface area contributed by atoms with Crippen molar-refractivity contribution < 1.29 is 28.1 Å². The molecule has 35 heavy (non-hydrogen) atoms. The number of hydrogen-bond acceptors (Lipinski definition) is 6. The Balaban J connectivity index is 1.85. The van der Waals surface area contributed by atoms with Gasteiger partial charge in [0.05, 0.1) is 34.1 Å². The number of nitrogens with one attached hydrogen (secondary N) is 1. The Hall–Kier alpha value is -3.97. The van der Waals surface area contributed by atoms with Gasteiger partial charge in [-0.15, -0.1) is 0 Å². The highest BCUT2D eigenvalue weighted by molar-refractivity contribution is 6.31. The summed E-state index contributed by atoms with van der Waals surface area (Å²) in [6.45, 7) is 0. The molecule has 0 amide bonds. The number of rotatable bonds is 10. The van der Waals surface area contributed by atoms with Crippen molar-refractivity contribution in [3.63, 3.8) is 0 Å². The molecule has 0 fully saturated rings. The molecule has 3 aromatic carbocycles. The van der Waals surface area contributed by atoms with Gasteiger partial charge >= 0.3 is 0 Å². The number of carbonyl (C=O) groups is 1. The minimum Gasteiger partial charge on any atom is -0.493 e. The van der Waals surface area contributed by atoms with Crippen LogP contribution >= 0.6 is 11.6 Å². The van der Waals surface area contributed by atoms with E-state index in [1.54, 1.807) is 54.6 Å². The molecule has 182 valence electrons. The molecule has 0 saturated carbocycles. The molecule has 0 aliphatic carbocycles. The minimum absolute atomic E-state index is 0.0230. The van der Waals surface area contributed by atoms with Crippen LogP contribution in [0.25, 0.3) is 12.2 Å². The van der Waals surface area contributed by atoms with E-state index in [1.807, 2.05) is 0 Å². The number of ether oxygens (including phenoxy) is 4. The summed E-state index contributed by atoms with van der Waals surface area (Å²) < 4.78 is 36.0. The van der Waals surface area contributed by atoms with Gasteiger partial charge in [0, 0.05) is 22.9 Å². The Morgan fingerprint density at radius 1 is 0.857 bits per heavy atom. The van der Waals surface area contributed by atoms with E-state index in [0.717, 1.165) is 5.56 Å². The fraction of sp³-hybridized carbons (Fsp3) is 0.148. The van der Waals surface area contributed by atoms with Crippen molar-refractivity contribution in [1.82, 2.24) is 0 Å². The zero-order valence-electron chi connectivity index (χ0n) is 19.7. The van der Waals surface area contributed by atoms with E-state index < -0.39 is 5.82 Å². The number of ketones is 1. The molecule has 8 heteroatoms. The lowest BCUT2D eigenvalue weighted by molar-refractivity contribution is 0.104. The number of methoxy groups -OCH3 is 4. The van der Waals surface area contributed by atoms with E-state index in [-0.39, 0.29) is 11.5 Å². The predicted molar refractivity (Wildman–Crippen MR) is 137 cm³/mol. The molecule has 0 atom stereocenters. The van der Waals surface area contributed by atoms with E-state index in [4.69, 9.17) is 30.5 Å². The highest BCUT2D eigenvalue weighted by atomic mass is 35.5. The van der Waals surface area contributed by atoms with Crippen LogP contribution in [-0.2, 0) is 0 Å². The Bertz CT molecular complexity index is 1250. The first-order chi connectivity index (χ1) is 16.9. The fourth-order valence-electron chi connectivity index (χ4n) is 3.36. The average molecular weight is 498 g/mol. The third-order valence-corrected chi connectivity index (χ3v) is 5.24. The Morgan fingerprint density at radius 3 is 2.06 bits per heavy atom. The molecule has 0 radical (unpaired) electrons. The lowest BCUT2D eigenvalue weighted by atomic mass is 10.1. The van der Waals surface area contributed by atoms with Crippen molar-refractivity contribution in [3.8, 4) is 23.0 Å². The van der Waals surface area contributed by atoms with Crippen LogP contribution in [0.1, 0.15) is 21.5 Å². The van der Waals surface area contributed by atoms with Crippen LogP contribution in [0.15, 0.2) is 60.8 Å². The summed E-state index contributed by atoms with van der Waals surface area (Å²) in [4.78, 5) is 12.4. The highest BCUT2D eigenvalue weighted by Crippen LogP contribution is 2.39. The first kappa shape index (κ1) is 25.6. The summed E-state index contributed by atoms with van der Waals surface area (Å²) in [7, 11) is 5.97. The third kappa shape index (κ3) is 6.33. The second-order valence-electron chi connectivity index (χ2n) is 7.23. The highest BCUT2D eigenvalue weighted by Gasteiger charge is 2.13. The predicted octanol–water partition coefficient (Wildman–Crippen LogP) is 6.49. The van der Waals surface area contributed by atoms with Gasteiger partial charge in [0.1, 0.15) is 0 Å². The standard InChI is InChI=1S/C27H25ClFNO5/c1-32-24-14-18(15-25(33-2)27(24)35-4)9-8-17-12-21(29)26(34-3)22(13-17)30-11-10-23(31)19-6-5-7-20(28)16-19/h5-16,30H,1-4H3/b9-8-,11-10-. The van der Waals surface area contributed by atoms with Gasteiger partial charge in [-0.25, -0.2) is 4.39 Å². The van der Waals surface area contributed by atoms with E-state index in [0.29, 0.717) is 39.1 Å². The maximum Gasteiger partial charge on any atom is 0.203 e. The van der Waals surface area contributed by atoms with E-state index in [9.17, 15) is 9.18 Å². The molecule has 0 aliphatic heterocycles. The van der Waals surface area contributed by atoms with Crippen LogP contribution in [0, 0.1) is 5.82 Å². The summed E-state index contributed by atoms with van der Waals surface area (Å²) in [6, 6.07) is 13.2. The summed E-state index contributed by atoms with van der Waals surface area (Å²) in [5, 5.41) is 3.39. The van der Waals surface area contributed by atoms with E-state index >= 15 is 0 Å². The van der Waals surface area contributed by atoms with Crippen LogP contribution in [0.3, 0.4) is 0 Å². The number of halogens is 2. The number of hydrogen-bond donors (Lipinski definition) is 1. The van der Waals surface area contributed by atoms with Crippen molar-refractivity contribution in [3.05, 3.63) is 88.3 Å². The third-order valence-electron chi connectivity index (χ3n) is 5.01. The molecule has 3 rings (SSSR count). The van der Waals surface area contributed by atoms with Crippen molar-refractivity contribution >= 4 is 35.2 Å². The molecule has 0 spiro atoms. The zero-order valence-corrected chi connectivity index (χ0v) is 20.5. The maximum absolute atomic E-state index is 14.7. The summed E-state index contributed by atoms with van der Waals surface area (Å²) in [6.07, 6.45) is 6.28. The van der Waals surface area contributed by atoms with Crippen LogP contribution in [-0.4, -0.2) is 34.2 Å². The zero-order chi connectivity index (χ0) is 25.4. The molecule has 0 bridgehead atoms. The first-order valence-electron chi connectivity index (χ1n) is 10.5. The quantitative estimate of drug-likeness (QED) is 0.196. The van der Waals surface area contributed by atoms with Crippen LogP contribution in [0.4, 0.5) is 10.1 Å².